The highest BCUT2D eigenvalue weighted by atomic mass is 16.5. The number of para-hydroxylation sites is 2. The predicted molar refractivity (Wildman–Crippen MR) is 91.1 cm³/mol. The van der Waals surface area contributed by atoms with Crippen LogP contribution in [-0.4, -0.2) is 34.5 Å². The summed E-state index contributed by atoms with van der Waals surface area (Å²) in [5.74, 6) is 3.42. The van der Waals surface area contributed by atoms with Crippen molar-refractivity contribution in [2.45, 2.75) is 39.5 Å². The van der Waals surface area contributed by atoms with E-state index in [0.29, 0.717) is 19.8 Å². The van der Waals surface area contributed by atoms with Crippen molar-refractivity contribution in [3.05, 3.63) is 35.9 Å². The fourth-order valence-electron chi connectivity index (χ4n) is 3.55. The third-order valence-electron chi connectivity index (χ3n) is 4.81. The number of piperidine rings is 1. The van der Waals surface area contributed by atoms with Gasteiger partial charge >= 0.3 is 0 Å². The Labute approximate surface area is 142 Å². The lowest BCUT2D eigenvalue weighted by Gasteiger charge is -2.33. The van der Waals surface area contributed by atoms with Gasteiger partial charge in [0.15, 0.2) is 11.6 Å². The van der Waals surface area contributed by atoms with Gasteiger partial charge in [0.2, 0.25) is 0 Å². The standard InChI is InChI=1S/C18H24N4O2/c1-14-5-4-8-21(11-14)15-6-2-3-7-16(15)24-13-18-20-19-17-12-23-10-9-22(17)18/h2-3,6-7,14H,4-5,8-13H2,1H3. The Morgan fingerprint density at radius 2 is 2.17 bits per heavy atom. The van der Waals surface area contributed by atoms with Crippen LogP contribution >= 0.6 is 0 Å². The van der Waals surface area contributed by atoms with Crippen LogP contribution in [-0.2, 0) is 24.5 Å². The zero-order valence-electron chi connectivity index (χ0n) is 14.1. The first-order valence-electron chi connectivity index (χ1n) is 8.77. The van der Waals surface area contributed by atoms with Crippen molar-refractivity contribution in [1.29, 1.82) is 0 Å². The second kappa shape index (κ2) is 6.81. The maximum atomic E-state index is 6.13. The SMILES string of the molecule is CC1CCCN(c2ccccc2OCc2nnc3n2CCOC3)C1. The molecule has 2 aliphatic rings. The molecule has 1 unspecified atom stereocenters. The molecule has 0 spiro atoms. The van der Waals surface area contributed by atoms with E-state index in [9.17, 15) is 0 Å². The number of nitrogens with zero attached hydrogens (tertiary/aromatic N) is 4. The van der Waals surface area contributed by atoms with Gasteiger partial charge < -0.3 is 18.9 Å². The number of aromatic nitrogens is 3. The van der Waals surface area contributed by atoms with Gasteiger partial charge in [0.25, 0.3) is 0 Å². The number of rotatable bonds is 4. The van der Waals surface area contributed by atoms with Crippen LogP contribution in [0.2, 0.25) is 0 Å². The molecule has 1 saturated heterocycles. The molecule has 0 saturated carbocycles. The molecule has 1 fully saturated rings. The fraction of sp³-hybridized carbons (Fsp3) is 0.556. The molecule has 1 atom stereocenters. The minimum absolute atomic E-state index is 0.438. The number of anilines is 1. The topological polar surface area (TPSA) is 52.4 Å². The molecule has 24 heavy (non-hydrogen) atoms. The highest BCUT2D eigenvalue weighted by molar-refractivity contribution is 5.58. The van der Waals surface area contributed by atoms with E-state index in [1.54, 1.807) is 0 Å². The average Bonchev–Trinajstić information content (AvgIpc) is 3.03. The van der Waals surface area contributed by atoms with Gasteiger partial charge in [-0.15, -0.1) is 10.2 Å². The number of fused-ring (bicyclic) bond motifs is 1. The summed E-state index contributed by atoms with van der Waals surface area (Å²) in [6, 6.07) is 8.31. The van der Waals surface area contributed by atoms with Crippen LogP contribution < -0.4 is 9.64 Å². The van der Waals surface area contributed by atoms with Gasteiger partial charge in [-0.05, 0) is 30.9 Å². The lowest BCUT2D eigenvalue weighted by Crippen LogP contribution is -2.34. The van der Waals surface area contributed by atoms with Crippen LogP contribution in [0.15, 0.2) is 24.3 Å². The Kier molecular flexibility index (Phi) is 4.38. The van der Waals surface area contributed by atoms with Crippen molar-refractivity contribution in [2.75, 3.05) is 24.6 Å². The molecule has 0 aliphatic carbocycles. The Bertz CT molecular complexity index is 700. The summed E-state index contributed by atoms with van der Waals surface area (Å²) in [6.45, 7) is 7.00. The zero-order valence-corrected chi connectivity index (χ0v) is 14.1. The quantitative estimate of drug-likeness (QED) is 0.863. The molecular weight excluding hydrogens is 304 g/mol. The molecule has 128 valence electrons. The normalized spacial score (nSPS) is 20.7. The summed E-state index contributed by atoms with van der Waals surface area (Å²) < 4.78 is 13.6. The maximum absolute atomic E-state index is 6.13. The summed E-state index contributed by atoms with van der Waals surface area (Å²) in [7, 11) is 0. The van der Waals surface area contributed by atoms with Crippen molar-refractivity contribution in [3.63, 3.8) is 0 Å². The molecule has 0 bridgehead atoms. The van der Waals surface area contributed by atoms with E-state index in [0.717, 1.165) is 43.0 Å². The van der Waals surface area contributed by atoms with E-state index in [2.05, 4.69) is 38.7 Å². The number of benzene rings is 1. The minimum atomic E-state index is 0.438. The first-order valence-corrected chi connectivity index (χ1v) is 8.77. The maximum Gasteiger partial charge on any atom is 0.171 e. The van der Waals surface area contributed by atoms with Crippen LogP contribution in [0.25, 0.3) is 0 Å². The monoisotopic (exact) mass is 328 g/mol. The predicted octanol–water partition coefficient (Wildman–Crippen LogP) is 2.62. The summed E-state index contributed by atoms with van der Waals surface area (Å²) >= 11 is 0. The Morgan fingerprint density at radius 1 is 1.25 bits per heavy atom. The highest BCUT2D eigenvalue weighted by Gasteiger charge is 2.20. The third kappa shape index (κ3) is 3.11. The van der Waals surface area contributed by atoms with Crippen molar-refractivity contribution in [1.82, 2.24) is 14.8 Å². The second-order valence-corrected chi connectivity index (χ2v) is 6.69. The van der Waals surface area contributed by atoms with Crippen LogP contribution in [0.5, 0.6) is 5.75 Å². The smallest absolute Gasteiger partial charge is 0.171 e. The highest BCUT2D eigenvalue weighted by Crippen LogP contribution is 2.32. The van der Waals surface area contributed by atoms with Crippen LogP contribution in [0, 0.1) is 5.92 Å². The van der Waals surface area contributed by atoms with Crippen molar-refractivity contribution < 1.29 is 9.47 Å². The van der Waals surface area contributed by atoms with E-state index in [1.807, 2.05) is 12.1 Å². The van der Waals surface area contributed by atoms with E-state index in [-0.39, 0.29) is 0 Å². The van der Waals surface area contributed by atoms with Gasteiger partial charge in [-0.3, -0.25) is 0 Å². The van der Waals surface area contributed by atoms with E-state index in [1.165, 1.54) is 18.5 Å². The minimum Gasteiger partial charge on any atom is -0.483 e. The lowest BCUT2D eigenvalue weighted by atomic mass is 9.99. The van der Waals surface area contributed by atoms with Gasteiger partial charge in [0, 0.05) is 19.6 Å². The van der Waals surface area contributed by atoms with Gasteiger partial charge in [0.05, 0.1) is 12.3 Å². The first kappa shape index (κ1) is 15.4. The number of hydrogen-bond acceptors (Lipinski definition) is 5. The molecule has 6 heteroatoms. The molecule has 0 N–H and O–H groups in total. The molecule has 2 aromatic rings. The summed E-state index contributed by atoms with van der Waals surface area (Å²) in [5.41, 5.74) is 1.19. The van der Waals surface area contributed by atoms with Crippen LogP contribution in [0.3, 0.4) is 0 Å². The van der Waals surface area contributed by atoms with Crippen LogP contribution in [0.4, 0.5) is 5.69 Å². The van der Waals surface area contributed by atoms with Gasteiger partial charge in [-0.2, -0.15) is 0 Å². The van der Waals surface area contributed by atoms with Crippen molar-refractivity contribution in [2.24, 2.45) is 5.92 Å². The molecule has 0 radical (unpaired) electrons. The summed E-state index contributed by atoms with van der Waals surface area (Å²) in [6.07, 6.45) is 2.56. The van der Waals surface area contributed by atoms with Gasteiger partial charge in [-0.1, -0.05) is 19.1 Å². The fourth-order valence-corrected chi connectivity index (χ4v) is 3.55. The van der Waals surface area contributed by atoms with Crippen molar-refractivity contribution >= 4 is 5.69 Å². The Balaban J connectivity index is 1.50. The summed E-state index contributed by atoms with van der Waals surface area (Å²) in [4.78, 5) is 2.44. The zero-order chi connectivity index (χ0) is 16.4. The average molecular weight is 328 g/mol. The second-order valence-electron chi connectivity index (χ2n) is 6.69. The molecule has 3 heterocycles. The Morgan fingerprint density at radius 3 is 3.08 bits per heavy atom. The molecule has 1 aromatic heterocycles. The molecule has 6 nitrogen and oxygen atoms in total. The summed E-state index contributed by atoms with van der Waals surface area (Å²) in [5, 5.41) is 8.45. The first-order chi connectivity index (χ1) is 11.8. The molecule has 1 aromatic carbocycles. The third-order valence-corrected chi connectivity index (χ3v) is 4.81. The van der Waals surface area contributed by atoms with Crippen molar-refractivity contribution in [3.8, 4) is 5.75 Å². The molecule has 0 amide bonds. The van der Waals surface area contributed by atoms with Gasteiger partial charge in [-0.25, -0.2) is 0 Å². The van der Waals surface area contributed by atoms with E-state index in [4.69, 9.17) is 9.47 Å². The van der Waals surface area contributed by atoms with Crippen LogP contribution in [0.1, 0.15) is 31.4 Å². The number of hydrogen-bond donors (Lipinski definition) is 0. The Hall–Kier alpha value is -2.08. The van der Waals surface area contributed by atoms with E-state index >= 15 is 0 Å². The lowest BCUT2D eigenvalue weighted by molar-refractivity contribution is 0.0794. The number of ether oxygens (including phenoxy) is 2. The largest absolute Gasteiger partial charge is 0.483 e. The molecule has 4 rings (SSSR count). The van der Waals surface area contributed by atoms with E-state index < -0.39 is 0 Å². The molecule has 2 aliphatic heterocycles. The van der Waals surface area contributed by atoms with Gasteiger partial charge in [0.1, 0.15) is 19.0 Å². The molecular formula is C18H24N4O2.